The van der Waals surface area contributed by atoms with Crippen LogP contribution in [0, 0.1) is 9.49 Å². The molecule has 0 heterocycles. The normalized spacial score (nSPS) is 22.4. The van der Waals surface area contributed by atoms with E-state index in [9.17, 15) is 19.8 Å². The number of carbonyl (C=O) groups is 2. The Hall–Kier alpha value is -1.89. The SMILES string of the molecule is COc1cc(CO)cc(I)c1O[C@H]1C=C(C(=O)NCCO)C[C@@H](N(CC2CC2)C(C)=O)[C@@H]1O. The Morgan fingerprint density at radius 2 is 2.00 bits per heavy atom. The number of amides is 2. The molecule has 0 radical (unpaired) electrons. The summed E-state index contributed by atoms with van der Waals surface area (Å²) in [7, 11) is 1.48. The van der Waals surface area contributed by atoms with Crippen LogP contribution in [0.4, 0.5) is 0 Å². The molecule has 3 rings (SSSR count). The Bertz CT molecular complexity index is 903. The van der Waals surface area contributed by atoms with E-state index in [-0.39, 0.29) is 38.0 Å². The highest BCUT2D eigenvalue weighted by atomic mass is 127. The zero-order valence-electron chi connectivity index (χ0n) is 18.8. The number of nitrogens with one attached hydrogen (secondary N) is 1. The number of hydrogen-bond donors (Lipinski definition) is 4. The molecule has 2 amide bonds. The second-order valence-electron chi connectivity index (χ2n) is 8.40. The van der Waals surface area contributed by atoms with Gasteiger partial charge in [0, 0.05) is 32.0 Å². The Kier molecular flexibility index (Phi) is 8.96. The molecule has 2 aliphatic rings. The van der Waals surface area contributed by atoms with Crippen LogP contribution in [-0.4, -0.2) is 77.1 Å². The highest BCUT2D eigenvalue weighted by Crippen LogP contribution is 2.38. The van der Waals surface area contributed by atoms with Crippen molar-refractivity contribution in [3.05, 3.63) is 32.9 Å². The molecule has 33 heavy (non-hydrogen) atoms. The van der Waals surface area contributed by atoms with E-state index < -0.39 is 18.2 Å². The Balaban J connectivity index is 1.95. The molecule has 182 valence electrons. The molecule has 1 aromatic rings. The Labute approximate surface area is 206 Å². The third kappa shape index (κ3) is 6.37. The fourth-order valence-electron chi connectivity index (χ4n) is 3.97. The molecule has 1 saturated carbocycles. The van der Waals surface area contributed by atoms with Crippen molar-refractivity contribution in [1.82, 2.24) is 10.2 Å². The van der Waals surface area contributed by atoms with Gasteiger partial charge in [0.05, 0.1) is 29.9 Å². The smallest absolute Gasteiger partial charge is 0.247 e. The largest absolute Gasteiger partial charge is 0.493 e. The van der Waals surface area contributed by atoms with Gasteiger partial charge in [-0.2, -0.15) is 0 Å². The van der Waals surface area contributed by atoms with Crippen LogP contribution in [0.15, 0.2) is 23.8 Å². The third-order valence-electron chi connectivity index (χ3n) is 5.90. The van der Waals surface area contributed by atoms with Crippen molar-refractivity contribution in [2.45, 2.75) is 51.0 Å². The molecule has 1 aromatic carbocycles. The van der Waals surface area contributed by atoms with E-state index in [1.165, 1.54) is 14.0 Å². The fraction of sp³-hybridized carbons (Fsp3) is 0.565. The average molecular weight is 574 g/mol. The van der Waals surface area contributed by atoms with Gasteiger partial charge < -0.3 is 35.0 Å². The van der Waals surface area contributed by atoms with Crippen molar-refractivity contribution < 1.29 is 34.4 Å². The lowest BCUT2D eigenvalue weighted by atomic mass is 9.88. The standard InChI is InChI=1S/C23H31IN2O7/c1-13(29)26(11-14-3-4-14)18-9-16(23(31)25-5-6-27)10-19(21(18)30)33-22-17(24)7-15(12-28)8-20(22)32-2/h7-8,10,14,18-19,21,27-28,30H,3-6,9,11-12H2,1-2H3,(H,25,31)/t18-,19+,21+/m1/s1. The average Bonchev–Trinajstić information content (AvgIpc) is 3.62. The second-order valence-corrected chi connectivity index (χ2v) is 9.56. The van der Waals surface area contributed by atoms with Gasteiger partial charge in [-0.3, -0.25) is 9.59 Å². The highest BCUT2D eigenvalue weighted by Gasteiger charge is 2.41. The van der Waals surface area contributed by atoms with Crippen molar-refractivity contribution >= 4 is 34.4 Å². The molecule has 0 saturated heterocycles. The molecular weight excluding hydrogens is 543 g/mol. The molecule has 3 atom stereocenters. The van der Waals surface area contributed by atoms with Crippen molar-refractivity contribution in [2.24, 2.45) is 5.92 Å². The summed E-state index contributed by atoms with van der Waals surface area (Å²) in [6.45, 7) is 1.74. The summed E-state index contributed by atoms with van der Waals surface area (Å²) in [6.07, 6.45) is 1.85. The van der Waals surface area contributed by atoms with Crippen molar-refractivity contribution in [3.63, 3.8) is 0 Å². The summed E-state index contributed by atoms with van der Waals surface area (Å²) in [6, 6.07) is 2.77. The minimum absolute atomic E-state index is 0.0990. The van der Waals surface area contributed by atoms with Crippen LogP contribution in [0.3, 0.4) is 0 Å². The number of halogens is 1. The number of aliphatic hydroxyl groups excluding tert-OH is 3. The molecule has 0 aliphatic heterocycles. The van der Waals surface area contributed by atoms with E-state index in [2.05, 4.69) is 27.9 Å². The van der Waals surface area contributed by atoms with Crippen LogP contribution in [0.1, 0.15) is 31.7 Å². The number of ether oxygens (including phenoxy) is 2. The minimum atomic E-state index is -1.07. The topological polar surface area (TPSA) is 129 Å². The van der Waals surface area contributed by atoms with Gasteiger partial charge in [0.2, 0.25) is 11.8 Å². The van der Waals surface area contributed by atoms with Gasteiger partial charge in [0.25, 0.3) is 0 Å². The van der Waals surface area contributed by atoms with E-state index >= 15 is 0 Å². The molecule has 1 fully saturated rings. The van der Waals surface area contributed by atoms with Gasteiger partial charge >= 0.3 is 0 Å². The predicted molar refractivity (Wildman–Crippen MR) is 129 cm³/mol. The van der Waals surface area contributed by atoms with Crippen molar-refractivity contribution in [1.29, 1.82) is 0 Å². The summed E-state index contributed by atoms with van der Waals surface area (Å²) in [5.74, 6) is 0.636. The van der Waals surface area contributed by atoms with Crippen LogP contribution in [-0.2, 0) is 16.2 Å². The first-order valence-corrected chi connectivity index (χ1v) is 12.1. The minimum Gasteiger partial charge on any atom is -0.493 e. The van der Waals surface area contributed by atoms with Gasteiger partial charge in [-0.25, -0.2) is 0 Å². The monoisotopic (exact) mass is 574 g/mol. The first-order valence-electron chi connectivity index (χ1n) is 11.0. The predicted octanol–water partition coefficient (Wildman–Crippen LogP) is 0.966. The molecule has 0 aromatic heterocycles. The number of aliphatic hydroxyl groups is 3. The highest BCUT2D eigenvalue weighted by molar-refractivity contribution is 14.1. The first-order chi connectivity index (χ1) is 15.8. The maximum atomic E-state index is 12.7. The van der Waals surface area contributed by atoms with Crippen LogP contribution in [0.2, 0.25) is 0 Å². The van der Waals surface area contributed by atoms with Crippen molar-refractivity contribution in [2.75, 3.05) is 26.8 Å². The van der Waals surface area contributed by atoms with Gasteiger partial charge in [-0.1, -0.05) is 0 Å². The van der Waals surface area contributed by atoms with Gasteiger partial charge in [-0.15, -0.1) is 0 Å². The molecule has 4 N–H and O–H groups in total. The van der Waals surface area contributed by atoms with Crippen LogP contribution in [0.5, 0.6) is 11.5 Å². The summed E-state index contributed by atoms with van der Waals surface area (Å²) in [5, 5.41) is 32.4. The number of nitrogens with zero attached hydrogens (tertiary/aromatic N) is 1. The number of hydrogen-bond acceptors (Lipinski definition) is 7. The van der Waals surface area contributed by atoms with E-state index in [0.29, 0.717) is 38.7 Å². The first kappa shape index (κ1) is 25.7. The molecule has 0 unspecified atom stereocenters. The van der Waals surface area contributed by atoms with Crippen LogP contribution < -0.4 is 14.8 Å². The van der Waals surface area contributed by atoms with E-state index in [0.717, 1.165) is 12.8 Å². The maximum Gasteiger partial charge on any atom is 0.247 e. The van der Waals surface area contributed by atoms with E-state index in [4.69, 9.17) is 14.6 Å². The maximum absolute atomic E-state index is 12.7. The molecular formula is C23H31IN2O7. The summed E-state index contributed by atoms with van der Waals surface area (Å²) in [4.78, 5) is 26.8. The fourth-order valence-corrected chi connectivity index (χ4v) is 4.76. The third-order valence-corrected chi connectivity index (χ3v) is 6.70. The van der Waals surface area contributed by atoms with Gasteiger partial charge in [0.1, 0.15) is 12.2 Å². The van der Waals surface area contributed by atoms with Gasteiger partial charge in [-0.05, 0) is 65.1 Å². The summed E-state index contributed by atoms with van der Waals surface area (Å²) < 4.78 is 12.3. The Morgan fingerprint density at radius 3 is 2.58 bits per heavy atom. The Morgan fingerprint density at radius 1 is 1.27 bits per heavy atom. The van der Waals surface area contributed by atoms with Crippen LogP contribution in [0.25, 0.3) is 0 Å². The molecule has 9 nitrogen and oxygen atoms in total. The summed E-state index contributed by atoms with van der Waals surface area (Å²) in [5.41, 5.74) is 1.03. The second kappa shape index (κ2) is 11.5. The molecule has 10 heteroatoms. The molecule has 2 aliphatic carbocycles. The number of rotatable bonds is 10. The lowest BCUT2D eigenvalue weighted by Gasteiger charge is -2.40. The number of carbonyl (C=O) groups excluding carboxylic acids is 2. The zero-order valence-corrected chi connectivity index (χ0v) is 20.9. The van der Waals surface area contributed by atoms with Crippen LogP contribution >= 0.6 is 22.6 Å². The summed E-state index contributed by atoms with van der Waals surface area (Å²) >= 11 is 2.06. The number of benzene rings is 1. The molecule has 0 bridgehead atoms. The van der Waals surface area contributed by atoms with Crippen molar-refractivity contribution in [3.8, 4) is 11.5 Å². The van der Waals surface area contributed by atoms with Gasteiger partial charge in [0.15, 0.2) is 11.5 Å². The van der Waals surface area contributed by atoms with E-state index in [1.54, 1.807) is 23.1 Å². The zero-order chi connectivity index (χ0) is 24.1. The quantitative estimate of drug-likeness (QED) is 0.307. The lowest BCUT2D eigenvalue weighted by Crippen LogP contribution is -2.55. The van der Waals surface area contributed by atoms with E-state index in [1.807, 2.05) is 0 Å². The lowest BCUT2D eigenvalue weighted by molar-refractivity contribution is -0.136. The molecule has 0 spiro atoms. The number of methoxy groups -OCH3 is 1.